The first-order valence-electron chi connectivity index (χ1n) is 6.71. The molecular formula is C16H11BrFNO4S. The summed E-state index contributed by atoms with van der Waals surface area (Å²) in [5.41, 5.74) is 0.876. The topological polar surface area (TPSA) is 76.5 Å². The monoisotopic (exact) mass is 411 g/mol. The molecule has 1 heterocycles. The normalized spacial score (nSPS) is 11.7. The van der Waals surface area contributed by atoms with E-state index in [4.69, 9.17) is 9.29 Å². The first kappa shape index (κ1) is 16.8. The molecule has 24 heavy (non-hydrogen) atoms. The molecule has 0 unspecified atom stereocenters. The van der Waals surface area contributed by atoms with E-state index in [0.717, 1.165) is 0 Å². The Morgan fingerprint density at radius 3 is 2.62 bits per heavy atom. The number of ether oxygens (including phenoxy) is 1. The van der Waals surface area contributed by atoms with Gasteiger partial charge in [-0.2, -0.15) is 8.42 Å². The van der Waals surface area contributed by atoms with E-state index >= 15 is 0 Å². The third-order valence-corrected chi connectivity index (χ3v) is 4.99. The fraction of sp³-hybridized carbons (Fsp3) is 0.0625. The van der Waals surface area contributed by atoms with Crippen LogP contribution in [0.4, 0.5) is 4.39 Å². The second-order valence-corrected chi connectivity index (χ2v) is 7.26. The summed E-state index contributed by atoms with van der Waals surface area (Å²) in [5, 5.41) is 1.14. The molecule has 0 aliphatic heterocycles. The highest BCUT2D eigenvalue weighted by Crippen LogP contribution is 2.37. The van der Waals surface area contributed by atoms with Crippen molar-refractivity contribution in [2.75, 3.05) is 7.11 Å². The largest absolute Gasteiger partial charge is 0.496 e. The van der Waals surface area contributed by atoms with Gasteiger partial charge in [-0.25, -0.2) is 4.39 Å². The molecule has 3 aromatic rings. The Hall–Kier alpha value is -2.03. The molecule has 3 rings (SSSR count). The predicted molar refractivity (Wildman–Crippen MR) is 91.2 cm³/mol. The molecule has 5 nitrogen and oxygen atoms in total. The van der Waals surface area contributed by atoms with Crippen LogP contribution in [0.3, 0.4) is 0 Å². The van der Waals surface area contributed by atoms with E-state index in [2.05, 4.69) is 20.9 Å². The maximum absolute atomic E-state index is 14.0. The Morgan fingerprint density at radius 1 is 1.21 bits per heavy atom. The third kappa shape index (κ3) is 3.00. The lowest BCUT2D eigenvalue weighted by molar-refractivity contribution is 0.415. The number of halogens is 2. The standard InChI is InChI=1S/C16H11BrFNO4S/c1-23-15-8-13(17)14(18)7-12(15)16-11-3-2-10(24(20,21)22)6-9(11)4-5-19-16/h2-8H,1H3,(H,20,21,22). The Kier molecular flexibility index (Phi) is 4.29. The number of methoxy groups -OCH3 is 1. The molecule has 8 heteroatoms. The number of nitrogens with zero attached hydrogens (tertiary/aromatic N) is 1. The van der Waals surface area contributed by atoms with Crippen molar-refractivity contribution in [1.29, 1.82) is 0 Å². The molecule has 0 saturated carbocycles. The minimum absolute atomic E-state index is 0.221. The SMILES string of the molecule is COc1cc(Br)c(F)cc1-c1nccc2cc(S(=O)(=O)O)ccc12. The van der Waals surface area contributed by atoms with E-state index in [9.17, 15) is 12.8 Å². The van der Waals surface area contributed by atoms with Crippen molar-refractivity contribution in [2.24, 2.45) is 0 Å². The van der Waals surface area contributed by atoms with Crippen molar-refractivity contribution < 1.29 is 22.1 Å². The highest BCUT2D eigenvalue weighted by atomic mass is 79.9. The van der Waals surface area contributed by atoms with Gasteiger partial charge in [0.05, 0.1) is 22.2 Å². The minimum Gasteiger partial charge on any atom is -0.496 e. The zero-order valence-electron chi connectivity index (χ0n) is 12.3. The summed E-state index contributed by atoms with van der Waals surface area (Å²) in [6, 6.07) is 8.51. The molecule has 0 spiro atoms. The van der Waals surface area contributed by atoms with Crippen LogP contribution >= 0.6 is 15.9 Å². The number of hydrogen-bond donors (Lipinski definition) is 1. The zero-order chi connectivity index (χ0) is 17.5. The van der Waals surface area contributed by atoms with Crippen LogP contribution in [-0.4, -0.2) is 25.1 Å². The van der Waals surface area contributed by atoms with Crippen LogP contribution in [-0.2, 0) is 10.1 Å². The highest BCUT2D eigenvalue weighted by Gasteiger charge is 2.16. The van der Waals surface area contributed by atoms with Crippen molar-refractivity contribution in [1.82, 2.24) is 4.98 Å². The number of hydrogen-bond acceptors (Lipinski definition) is 4. The number of rotatable bonds is 3. The van der Waals surface area contributed by atoms with Crippen LogP contribution in [0, 0.1) is 5.82 Å². The fourth-order valence-corrected chi connectivity index (χ4v) is 3.25. The molecule has 0 radical (unpaired) electrons. The van der Waals surface area contributed by atoms with E-state index in [-0.39, 0.29) is 9.37 Å². The Bertz CT molecular complexity index is 1050. The summed E-state index contributed by atoms with van der Waals surface area (Å²) in [6.07, 6.45) is 1.48. The van der Waals surface area contributed by atoms with Crippen LogP contribution in [0.1, 0.15) is 0 Å². The third-order valence-electron chi connectivity index (χ3n) is 3.53. The van der Waals surface area contributed by atoms with Crippen LogP contribution < -0.4 is 4.74 Å². The van der Waals surface area contributed by atoms with Crippen LogP contribution in [0.15, 0.2) is 52.0 Å². The molecule has 0 fully saturated rings. The average molecular weight is 412 g/mol. The molecule has 0 amide bonds. The molecule has 0 bridgehead atoms. The predicted octanol–water partition coefficient (Wildman–Crippen LogP) is 4.06. The number of aromatic nitrogens is 1. The van der Waals surface area contributed by atoms with Crippen molar-refractivity contribution in [2.45, 2.75) is 4.90 Å². The molecular weight excluding hydrogens is 401 g/mol. The smallest absolute Gasteiger partial charge is 0.294 e. The minimum atomic E-state index is -4.31. The first-order valence-corrected chi connectivity index (χ1v) is 8.94. The van der Waals surface area contributed by atoms with Crippen LogP contribution in [0.5, 0.6) is 5.75 Å². The average Bonchev–Trinajstić information content (AvgIpc) is 2.55. The molecule has 0 atom stereocenters. The van der Waals surface area contributed by atoms with Crippen molar-refractivity contribution in [3.63, 3.8) is 0 Å². The van der Waals surface area contributed by atoms with E-state index in [1.807, 2.05) is 0 Å². The van der Waals surface area contributed by atoms with Crippen molar-refractivity contribution in [3.05, 3.63) is 52.9 Å². The maximum atomic E-state index is 14.0. The van der Waals surface area contributed by atoms with E-state index in [0.29, 0.717) is 27.8 Å². The van der Waals surface area contributed by atoms with E-state index in [1.54, 1.807) is 6.07 Å². The van der Waals surface area contributed by atoms with Gasteiger partial charge in [0.1, 0.15) is 11.6 Å². The van der Waals surface area contributed by atoms with Gasteiger partial charge in [0.25, 0.3) is 10.1 Å². The van der Waals surface area contributed by atoms with Gasteiger partial charge in [-0.05, 0) is 51.6 Å². The van der Waals surface area contributed by atoms with Crippen LogP contribution in [0.2, 0.25) is 0 Å². The van der Waals surface area contributed by atoms with E-state index in [1.165, 1.54) is 43.6 Å². The van der Waals surface area contributed by atoms with Crippen LogP contribution in [0.25, 0.3) is 22.0 Å². The summed E-state index contributed by atoms with van der Waals surface area (Å²) >= 11 is 3.10. The second-order valence-electron chi connectivity index (χ2n) is 4.98. The lowest BCUT2D eigenvalue weighted by Gasteiger charge is -2.12. The van der Waals surface area contributed by atoms with Gasteiger partial charge >= 0.3 is 0 Å². The quantitative estimate of drug-likeness (QED) is 0.657. The summed E-state index contributed by atoms with van der Waals surface area (Å²) in [5.74, 6) is -0.0544. The molecule has 124 valence electrons. The van der Waals surface area contributed by atoms with Crippen molar-refractivity contribution >= 4 is 36.8 Å². The Balaban J connectivity index is 2.30. The summed E-state index contributed by atoms with van der Waals surface area (Å²) < 4.78 is 51.2. The molecule has 1 aromatic heterocycles. The van der Waals surface area contributed by atoms with Crippen molar-refractivity contribution in [3.8, 4) is 17.0 Å². The Labute approximate surface area is 146 Å². The first-order chi connectivity index (χ1) is 11.3. The summed E-state index contributed by atoms with van der Waals surface area (Å²) in [4.78, 5) is 4.05. The molecule has 2 aromatic carbocycles. The molecule has 1 N–H and O–H groups in total. The maximum Gasteiger partial charge on any atom is 0.294 e. The molecule has 0 aliphatic rings. The van der Waals surface area contributed by atoms with Gasteiger partial charge in [-0.15, -0.1) is 0 Å². The number of fused-ring (bicyclic) bond motifs is 1. The van der Waals surface area contributed by atoms with Gasteiger partial charge < -0.3 is 4.74 Å². The van der Waals surface area contributed by atoms with Gasteiger partial charge in [0, 0.05) is 17.1 Å². The Morgan fingerprint density at radius 2 is 1.96 bits per heavy atom. The summed E-state index contributed by atoms with van der Waals surface area (Å²) in [6.45, 7) is 0. The molecule has 0 aliphatic carbocycles. The van der Waals surface area contributed by atoms with E-state index < -0.39 is 15.9 Å². The second kappa shape index (κ2) is 6.12. The van der Waals surface area contributed by atoms with Gasteiger partial charge in [0.15, 0.2) is 0 Å². The van der Waals surface area contributed by atoms with Gasteiger partial charge in [-0.1, -0.05) is 6.07 Å². The summed E-state index contributed by atoms with van der Waals surface area (Å²) in [7, 11) is -2.85. The number of benzene rings is 2. The lowest BCUT2D eigenvalue weighted by Crippen LogP contribution is -1.98. The van der Waals surface area contributed by atoms with Gasteiger partial charge in [-0.3, -0.25) is 9.54 Å². The zero-order valence-corrected chi connectivity index (χ0v) is 14.7. The lowest BCUT2D eigenvalue weighted by atomic mass is 10.0. The number of pyridine rings is 1. The highest BCUT2D eigenvalue weighted by molar-refractivity contribution is 9.10. The fourth-order valence-electron chi connectivity index (χ4n) is 2.41. The molecule has 0 saturated heterocycles. The van der Waals surface area contributed by atoms with Gasteiger partial charge in [0.2, 0.25) is 0 Å².